The second kappa shape index (κ2) is 19.3. The molecule has 1 aromatic carbocycles. The number of Topliss-reactive ketones (excluding diaryl/α,β-unsaturated/α-hetero) is 1. The van der Waals surface area contributed by atoms with Gasteiger partial charge in [-0.25, -0.2) is 0 Å². The molecule has 11 heteroatoms. The average Bonchev–Trinajstić information content (AvgIpc) is 3.83. The van der Waals surface area contributed by atoms with E-state index in [0.29, 0.717) is 38.7 Å². The van der Waals surface area contributed by atoms with Gasteiger partial charge in [-0.15, -0.1) is 0 Å². The van der Waals surface area contributed by atoms with Gasteiger partial charge in [0, 0.05) is 12.5 Å². The first-order valence-corrected chi connectivity index (χ1v) is 18.8. The van der Waals surface area contributed by atoms with Crippen molar-refractivity contribution in [1.82, 2.24) is 26.2 Å². The highest BCUT2D eigenvalue weighted by Crippen LogP contribution is 2.29. The molecule has 2 aliphatic heterocycles. The van der Waals surface area contributed by atoms with Crippen molar-refractivity contribution in [3.8, 4) is 0 Å². The van der Waals surface area contributed by atoms with Crippen LogP contribution in [-0.2, 0) is 35.1 Å². The first kappa shape index (κ1) is 41.1. The van der Waals surface area contributed by atoms with Gasteiger partial charge in [-0.05, 0) is 95.7 Å². The normalized spacial score (nSPS) is 21.3. The van der Waals surface area contributed by atoms with Crippen LogP contribution < -0.4 is 21.3 Å². The molecule has 2 unspecified atom stereocenters. The number of hydrogen-bond acceptors (Lipinski definition) is 7. The molecule has 0 saturated carbocycles. The van der Waals surface area contributed by atoms with Crippen LogP contribution in [-0.4, -0.2) is 89.8 Å². The molecule has 2 saturated heterocycles. The predicted octanol–water partition coefficient (Wildman–Crippen LogP) is 3.93. The maximum atomic E-state index is 13.9. The lowest BCUT2D eigenvalue weighted by Crippen LogP contribution is -2.58. The lowest BCUT2D eigenvalue weighted by Gasteiger charge is -2.35. The molecular formula is C39H63N5O6. The molecule has 4 amide bonds. The Morgan fingerprint density at radius 1 is 0.740 bits per heavy atom. The van der Waals surface area contributed by atoms with Crippen LogP contribution >= 0.6 is 0 Å². The van der Waals surface area contributed by atoms with Gasteiger partial charge in [0.15, 0.2) is 5.78 Å². The summed E-state index contributed by atoms with van der Waals surface area (Å²) in [6.45, 7) is 17.8. The fourth-order valence-electron chi connectivity index (χ4n) is 6.60. The number of ether oxygens (including phenoxy) is 1. The van der Waals surface area contributed by atoms with Crippen LogP contribution in [0.2, 0.25) is 0 Å². The van der Waals surface area contributed by atoms with Gasteiger partial charge in [-0.3, -0.25) is 24.0 Å². The van der Waals surface area contributed by atoms with Gasteiger partial charge in [0.25, 0.3) is 0 Å². The minimum atomic E-state index is -0.957. The van der Waals surface area contributed by atoms with Crippen LogP contribution in [0.3, 0.4) is 0 Å². The summed E-state index contributed by atoms with van der Waals surface area (Å²) in [4.78, 5) is 69.6. The molecule has 2 heterocycles. The number of amides is 4. The van der Waals surface area contributed by atoms with Crippen LogP contribution in [0.5, 0.6) is 0 Å². The molecule has 0 aliphatic carbocycles. The van der Waals surface area contributed by atoms with E-state index in [0.717, 1.165) is 18.7 Å². The van der Waals surface area contributed by atoms with Crippen molar-refractivity contribution in [3.05, 3.63) is 35.9 Å². The highest BCUT2D eigenvalue weighted by molar-refractivity contribution is 5.98. The number of ketones is 1. The highest BCUT2D eigenvalue weighted by atomic mass is 16.6. The van der Waals surface area contributed by atoms with Crippen molar-refractivity contribution in [2.24, 2.45) is 17.8 Å². The first-order chi connectivity index (χ1) is 23.6. The Morgan fingerprint density at radius 2 is 1.30 bits per heavy atom. The number of epoxide rings is 1. The van der Waals surface area contributed by atoms with E-state index in [2.05, 4.69) is 40.0 Å². The molecule has 3 rings (SSSR count). The zero-order valence-electron chi connectivity index (χ0n) is 31.7. The summed E-state index contributed by atoms with van der Waals surface area (Å²) in [6.07, 6.45) is 5.59. The summed E-state index contributed by atoms with van der Waals surface area (Å²) in [7, 11) is 0. The minimum Gasteiger partial charge on any atom is -0.361 e. The van der Waals surface area contributed by atoms with E-state index in [1.165, 1.54) is 19.3 Å². The number of carbonyl (C=O) groups is 5. The number of nitrogens with one attached hydrogen (secondary N) is 4. The third-order valence-electron chi connectivity index (χ3n) is 10.0. The quantitative estimate of drug-likeness (QED) is 0.151. The molecular weight excluding hydrogens is 634 g/mol. The molecule has 1 aromatic rings. The Hall–Kier alpha value is -3.31. The van der Waals surface area contributed by atoms with Gasteiger partial charge >= 0.3 is 0 Å². The zero-order valence-corrected chi connectivity index (χ0v) is 31.7. The Bertz CT molecular complexity index is 1280. The van der Waals surface area contributed by atoms with E-state index in [4.69, 9.17) is 4.74 Å². The number of nitrogens with zero attached hydrogens (tertiary/aromatic N) is 1. The van der Waals surface area contributed by atoms with Gasteiger partial charge in [0.2, 0.25) is 23.6 Å². The molecule has 2 fully saturated rings. The Labute approximate surface area is 299 Å². The van der Waals surface area contributed by atoms with Crippen LogP contribution in [0.4, 0.5) is 0 Å². The molecule has 0 radical (unpaired) electrons. The number of hydrogen-bond donors (Lipinski definition) is 4. The van der Waals surface area contributed by atoms with Crippen LogP contribution in [0.1, 0.15) is 106 Å². The van der Waals surface area contributed by atoms with E-state index < -0.39 is 47.5 Å². The van der Waals surface area contributed by atoms with Gasteiger partial charge < -0.3 is 30.9 Å². The second-order valence-electron chi connectivity index (χ2n) is 15.7. The van der Waals surface area contributed by atoms with Gasteiger partial charge in [0.05, 0.1) is 12.6 Å². The minimum absolute atomic E-state index is 0.0528. The molecule has 2 aliphatic rings. The van der Waals surface area contributed by atoms with E-state index in [9.17, 15) is 24.0 Å². The molecule has 4 N–H and O–H groups in total. The number of benzene rings is 1. The molecule has 0 bridgehead atoms. The Kier molecular flexibility index (Phi) is 15.9. The molecule has 50 heavy (non-hydrogen) atoms. The van der Waals surface area contributed by atoms with E-state index >= 15 is 0 Å². The van der Waals surface area contributed by atoms with Crippen molar-refractivity contribution < 1.29 is 28.7 Å². The summed E-state index contributed by atoms with van der Waals surface area (Å²) in [5, 5.41) is 11.5. The SMILES string of the molecule is CC(C)C[C@H](NC(=O)[C@H](CCc1ccccc1)NC(=O)CC(C)C(C)N1CCCCC1)C(=O)N[C@@H](C)C(=O)N[C@@H](CC(C)C)C(=O)[C@@]1(C)CO1. The summed E-state index contributed by atoms with van der Waals surface area (Å²) in [6, 6.07) is 6.55. The fraction of sp³-hybridized carbons (Fsp3) is 0.718. The van der Waals surface area contributed by atoms with Crippen molar-refractivity contribution >= 4 is 29.4 Å². The smallest absolute Gasteiger partial charge is 0.243 e. The zero-order chi connectivity index (χ0) is 37.0. The third-order valence-corrected chi connectivity index (χ3v) is 10.0. The van der Waals surface area contributed by atoms with Crippen LogP contribution in [0.25, 0.3) is 0 Å². The number of carbonyl (C=O) groups excluding carboxylic acids is 5. The number of rotatable bonds is 20. The maximum absolute atomic E-state index is 13.9. The fourth-order valence-corrected chi connectivity index (χ4v) is 6.60. The molecule has 7 atom stereocenters. The summed E-state index contributed by atoms with van der Waals surface area (Å²) < 4.78 is 5.33. The van der Waals surface area contributed by atoms with Gasteiger partial charge in [0.1, 0.15) is 23.7 Å². The van der Waals surface area contributed by atoms with E-state index in [1.807, 2.05) is 58.0 Å². The van der Waals surface area contributed by atoms with Gasteiger partial charge in [-0.1, -0.05) is 71.4 Å². The average molecular weight is 698 g/mol. The lowest BCUT2D eigenvalue weighted by molar-refractivity contribution is -0.135. The van der Waals surface area contributed by atoms with Crippen LogP contribution in [0.15, 0.2) is 30.3 Å². The molecule has 0 aromatic heterocycles. The van der Waals surface area contributed by atoms with Gasteiger partial charge in [-0.2, -0.15) is 0 Å². The number of aryl methyl sites for hydroxylation is 1. The molecule has 280 valence electrons. The van der Waals surface area contributed by atoms with Crippen molar-refractivity contribution in [1.29, 1.82) is 0 Å². The number of piperidine rings is 1. The predicted molar refractivity (Wildman–Crippen MR) is 195 cm³/mol. The maximum Gasteiger partial charge on any atom is 0.243 e. The van der Waals surface area contributed by atoms with E-state index in [-0.39, 0.29) is 35.5 Å². The molecule has 0 spiro atoms. The van der Waals surface area contributed by atoms with Crippen LogP contribution in [0, 0.1) is 17.8 Å². The summed E-state index contributed by atoms with van der Waals surface area (Å²) in [5.41, 5.74) is 0.154. The Morgan fingerprint density at radius 3 is 1.88 bits per heavy atom. The Balaban J connectivity index is 1.67. The van der Waals surface area contributed by atoms with Crippen molar-refractivity contribution in [2.45, 2.75) is 143 Å². The second-order valence-corrected chi connectivity index (χ2v) is 15.7. The number of likely N-dealkylation sites (tertiary alicyclic amines) is 1. The standard InChI is InChI=1S/C39H63N5O6/c1-25(2)21-32(35(46)39(8)24-50-39)42-36(47)28(6)40-38(49)33(22-26(3)4)43-37(48)31(18-17-30-15-11-9-12-16-30)41-34(45)23-27(5)29(7)44-19-13-10-14-20-44/h9,11-12,15-16,25-29,31-33H,10,13-14,17-24H2,1-8H3,(H,40,49)(H,41,45)(H,42,47)(H,43,48)/t27?,28-,29?,31-,32-,33-,39+/m0/s1. The topological polar surface area (TPSA) is 149 Å². The first-order valence-electron chi connectivity index (χ1n) is 18.8. The largest absolute Gasteiger partial charge is 0.361 e. The third kappa shape index (κ3) is 13.1. The molecule has 11 nitrogen and oxygen atoms in total. The summed E-state index contributed by atoms with van der Waals surface area (Å²) >= 11 is 0. The summed E-state index contributed by atoms with van der Waals surface area (Å²) in [5.74, 6) is -1.50. The van der Waals surface area contributed by atoms with E-state index in [1.54, 1.807) is 13.8 Å². The van der Waals surface area contributed by atoms with Crippen molar-refractivity contribution in [2.75, 3.05) is 19.7 Å². The van der Waals surface area contributed by atoms with Crippen molar-refractivity contribution in [3.63, 3.8) is 0 Å². The monoisotopic (exact) mass is 697 g/mol. The lowest BCUT2D eigenvalue weighted by atomic mass is 9.93. The highest BCUT2D eigenvalue weighted by Gasteiger charge is 2.50.